The molecule has 1 aromatic carbocycles. The number of hydrogen-bond donors (Lipinski definition) is 2. The number of amides is 1. The second kappa shape index (κ2) is 7.49. The number of nitrogens with one attached hydrogen (secondary N) is 2. The number of benzene rings is 1. The van der Waals surface area contributed by atoms with Gasteiger partial charge in [-0.3, -0.25) is 4.79 Å². The summed E-state index contributed by atoms with van der Waals surface area (Å²) in [5, 5.41) is 5.93. The predicted molar refractivity (Wildman–Crippen MR) is 80.3 cm³/mol. The van der Waals surface area contributed by atoms with Gasteiger partial charge in [0.2, 0.25) is 12.7 Å². The molecule has 21 heavy (non-hydrogen) atoms. The molecule has 2 N–H and O–H groups in total. The van der Waals surface area contributed by atoms with Crippen LogP contribution in [0.25, 0.3) is 0 Å². The van der Waals surface area contributed by atoms with Gasteiger partial charge in [-0.15, -0.1) is 12.4 Å². The average molecular weight is 315 g/mol. The maximum Gasteiger partial charge on any atom is 0.238 e. The van der Waals surface area contributed by atoms with Crippen LogP contribution in [0.4, 0.5) is 5.69 Å². The zero-order valence-electron chi connectivity index (χ0n) is 11.6. The molecular formula is C14H19ClN2O4. The first kappa shape index (κ1) is 15.9. The summed E-state index contributed by atoms with van der Waals surface area (Å²) in [7, 11) is 0. The maximum absolute atomic E-state index is 11.8. The normalized spacial score (nSPS) is 19.1. The van der Waals surface area contributed by atoms with Gasteiger partial charge >= 0.3 is 0 Å². The van der Waals surface area contributed by atoms with Gasteiger partial charge in [0.25, 0.3) is 0 Å². The van der Waals surface area contributed by atoms with Gasteiger partial charge in [0.1, 0.15) is 0 Å². The Hall–Kier alpha value is -1.50. The summed E-state index contributed by atoms with van der Waals surface area (Å²) in [5.74, 6) is 1.29. The lowest BCUT2D eigenvalue weighted by Crippen LogP contribution is -2.33. The average Bonchev–Trinajstić information content (AvgIpc) is 3.08. The van der Waals surface area contributed by atoms with Crippen molar-refractivity contribution < 1.29 is 19.0 Å². The van der Waals surface area contributed by atoms with Crippen LogP contribution in [-0.4, -0.2) is 38.5 Å². The van der Waals surface area contributed by atoms with Crippen molar-refractivity contribution in [1.82, 2.24) is 5.32 Å². The molecule has 1 aromatic rings. The second-order valence-corrected chi connectivity index (χ2v) is 4.88. The molecule has 0 radical (unpaired) electrons. The predicted octanol–water partition coefficient (Wildman–Crippen LogP) is 1.54. The molecule has 1 atom stereocenters. The molecule has 116 valence electrons. The molecule has 2 aliphatic rings. The molecule has 1 saturated heterocycles. The topological polar surface area (TPSA) is 68.8 Å². The fourth-order valence-corrected chi connectivity index (χ4v) is 2.33. The number of halogens is 1. The molecule has 1 amide bonds. The molecule has 7 heteroatoms. The highest BCUT2D eigenvalue weighted by atomic mass is 35.5. The van der Waals surface area contributed by atoms with Crippen molar-refractivity contribution in [2.45, 2.75) is 18.9 Å². The lowest BCUT2D eigenvalue weighted by atomic mass is 10.2. The fraction of sp³-hybridized carbons (Fsp3) is 0.500. The van der Waals surface area contributed by atoms with Crippen molar-refractivity contribution in [3.05, 3.63) is 18.2 Å². The van der Waals surface area contributed by atoms with Gasteiger partial charge in [0.15, 0.2) is 11.5 Å². The summed E-state index contributed by atoms with van der Waals surface area (Å²) in [6.07, 6.45) is 2.42. The van der Waals surface area contributed by atoms with Crippen LogP contribution in [0, 0.1) is 0 Å². The lowest BCUT2D eigenvalue weighted by Gasteiger charge is -2.11. The first-order valence-corrected chi connectivity index (χ1v) is 6.83. The minimum absolute atomic E-state index is 0. The molecule has 0 spiro atoms. The quantitative estimate of drug-likeness (QED) is 0.863. The van der Waals surface area contributed by atoms with E-state index in [4.69, 9.17) is 14.2 Å². The fourth-order valence-electron chi connectivity index (χ4n) is 2.33. The van der Waals surface area contributed by atoms with Crippen LogP contribution in [0.3, 0.4) is 0 Å². The summed E-state index contributed by atoms with van der Waals surface area (Å²) < 4.78 is 16.0. The van der Waals surface area contributed by atoms with Crippen molar-refractivity contribution in [2.75, 3.05) is 31.8 Å². The number of hydrogen-bond acceptors (Lipinski definition) is 5. The smallest absolute Gasteiger partial charge is 0.238 e. The Morgan fingerprint density at radius 1 is 1.29 bits per heavy atom. The van der Waals surface area contributed by atoms with E-state index in [1.807, 2.05) is 0 Å². The Bertz CT molecular complexity index is 492. The van der Waals surface area contributed by atoms with Gasteiger partial charge in [-0.2, -0.15) is 0 Å². The molecule has 0 aromatic heterocycles. The van der Waals surface area contributed by atoms with Gasteiger partial charge in [-0.1, -0.05) is 0 Å². The third-order valence-corrected chi connectivity index (χ3v) is 3.34. The molecule has 0 bridgehead atoms. The van der Waals surface area contributed by atoms with E-state index in [0.717, 1.165) is 19.4 Å². The van der Waals surface area contributed by atoms with Crippen LogP contribution in [0.1, 0.15) is 12.8 Å². The minimum Gasteiger partial charge on any atom is -0.454 e. The third-order valence-electron chi connectivity index (χ3n) is 3.34. The summed E-state index contributed by atoms with van der Waals surface area (Å²) in [4.78, 5) is 11.8. The molecule has 1 unspecified atom stereocenters. The van der Waals surface area contributed by atoms with Gasteiger partial charge in [-0.05, 0) is 25.0 Å². The Morgan fingerprint density at radius 3 is 2.95 bits per heavy atom. The van der Waals surface area contributed by atoms with Gasteiger partial charge in [0.05, 0.1) is 12.6 Å². The first-order chi connectivity index (χ1) is 9.81. The highest BCUT2D eigenvalue weighted by Crippen LogP contribution is 2.34. The summed E-state index contributed by atoms with van der Waals surface area (Å²) in [6.45, 7) is 2.05. The Balaban J connectivity index is 0.00000161. The Labute approximate surface area is 129 Å². The lowest BCUT2D eigenvalue weighted by molar-refractivity contribution is -0.115. The Morgan fingerprint density at radius 2 is 2.14 bits per heavy atom. The zero-order chi connectivity index (χ0) is 13.8. The highest BCUT2D eigenvalue weighted by molar-refractivity contribution is 5.92. The number of ether oxygens (including phenoxy) is 3. The van der Waals surface area contributed by atoms with Crippen LogP contribution < -0.4 is 20.1 Å². The molecular weight excluding hydrogens is 296 g/mol. The van der Waals surface area contributed by atoms with Gasteiger partial charge in [0, 0.05) is 24.9 Å². The standard InChI is InChI=1S/C14H18N2O4.ClH/c17-14(8-15-7-11-2-1-5-18-11)16-10-3-4-12-13(6-10)20-9-19-12;/h3-4,6,11,15H,1-2,5,7-9H2,(H,16,17);1H. The molecule has 1 fully saturated rings. The molecule has 0 saturated carbocycles. The van der Waals surface area contributed by atoms with E-state index in [1.165, 1.54) is 0 Å². The monoisotopic (exact) mass is 314 g/mol. The largest absolute Gasteiger partial charge is 0.454 e. The van der Waals surface area contributed by atoms with E-state index < -0.39 is 0 Å². The number of carbonyl (C=O) groups is 1. The van der Waals surface area contributed by atoms with E-state index in [9.17, 15) is 4.79 Å². The van der Waals surface area contributed by atoms with Gasteiger partial charge < -0.3 is 24.8 Å². The van der Waals surface area contributed by atoms with Crippen LogP contribution in [0.15, 0.2) is 18.2 Å². The molecule has 6 nitrogen and oxygen atoms in total. The van der Waals surface area contributed by atoms with E-state index in [0.29, 0.717) is 23.7 Å². The number of anilines is 1. The van der Waals surface area contributed by atoms with Crippen molar-refractivity contribution in [2.24, 2.45) is 0 Å². The van der Waals surface area contributed by atoms with Crippen molar-refractivity contribution in [1.29, 1.82) is 0 Å². The molecule has 3 rings (SSSR count). The maximum atomic E-state index is 11.8. The third kappa shape index (κ3) is 4.23. The van der Waals surface area contributed by atoms with Crippen molar-refractivity contribution in [3.8, 4) is 11.5 Å². The number of fused-ring (bicyclic) bond motifs is 1. The second-order valence-electron chi connectivity index (χ2n) is 4.88. The van der Waals surface area contributed by atoms with Crippen molar-refractivity contribution >= 4 is 24.0 Å². The minimum atomic E-state index is -0.0816. The first-order valence-electron chi connectivity index (χ1n) is 6.83. The van der Waals surface area contributed by atoms with E-state index in [-0.39, 0.29) is 37.8 Å². The zero-order valence-corrected chi connectivity index (χ0v) is 12.4. The molecule has 2 heterocycles. The van der Waals surface area contributed by atoms with E-state index in [2.05, 4.69) is 10.6 Å². The summed E-state index contributed by atoms with van der Waals surface area (Å²) >= 11 is 0. The van der Waals surface area contributed by atoms with Gasteiger partial charge in [-0.25, -0.2) is 0 Å². The van der Waals surface area contributed by atoms with E-state index >= 15 is 0 Å². The highest BCUT2D eigenvalue weighted by Gasteiger charge is 2.16. The van der Waals surface area contributed by atoms with Crippen molar-refractivity contribution in [3.63, 3.8) is 0 Å². The van der Waals surface area contributed by atoms with Crippen LogP contribution in [-0.2, 0) is 9.53 Å². The van der Waals surface area contributed by atoms with Crippen LogP contribution in [0.2, 0.25) is 0 Å². The molecule has 2 aliphatic heterocycles. The summed E-state index contributed by atoms with van der Waals surface area (Å²) in [5.41, 5.74) is 0.707. The van der Waals surface area contributed by atoms with E-state index in [1.54, 1.807) is 18.2 Å². The van der Waals surface area contributed by atoms with Crippen LogP contribution in [0.5, 0.6) is 11.5 Å². The number of carbonyl (C=O) groups excluding carboxylic acids is 1. The summed E-state index contributed by atoms with van der Waals surface area (Å²) in [6, 6.07) is 5.35. The Kier molecular flexibility index (Phi) is 5.67. The SMILES string of the molecule is Cl.O=C(CNCC1CCCO1)Nc1ccc2c(c1)OCO2. The number of rotatable bonds is 5. The molecule has 0 aliphatic carbocycles. The van der Waals surface area contributed by atoms with Crippen LogP contribution >= 0.6 is 12.4 Å².